The zero-order valence-electron chi connectivity index (χ0n) is 19.6. The lowest BCUT2D eigenvalue weighted by molar-refractivity contribution is -0.121. The van der Waals surface area contributed by atoms with Crippen LogP contribution in [-0.2, 0) is 4.79 Å². The predicted octanol–water partition coefficient (Wildman–Crippen LogP) is 3.92. The molecule has 1 aliphatic heterocycles. The summed E-state index contributed by atoms with van der Waals surface area (Å²) >= 11 is 0. The lowest BCUT2D eigenvalue weighted by Gasteiger charge is -2.40. The molecule has 0 aliphatic carbocycles. The molecule has 0 spiro atoms. The highest BCUT2D eigenvalue weighted by Gasteiger charge is 2.37. The number of urea groups is 1. The molecule has 4 rings (SSSR count). The van der Waals surface area contributed by atoms with Crippen molar-refractivity contribution in [3.8, 4) is 11.3 Å². The second kappa shape index (κ2) is 10.7. The maximum absolute atomic E-state index is 13.4. The van der Waals surface area contributed by atoms with E-state index in [-0.39, 0.29) is 37.5 Å². The second-order valence-electron chi connectivity index (χ2n) is 8.35. The lowest BCUT2D eigenvalue weighted by Crippen LogP contribution is -2.62. The minimum Gasteiger partial charge on any atom is -0.464 e. The fourth-order valence-electron chi connectivity index (χ4n) is 3.99. The first kappa shape index (κ1) is 23.8. The zero-order chi connectivity index (χ0) is 24.8. The fourth-order valence-corrected chi connectivity index (χ4v) is 3.99. The Bertz CT molecular complexity index is 1200. The molecule has 0 radical (unpaired) electrons. The van der Waals surface area contributed by atoms with Crippen LogP contribution in [0.15, 0.2) is 84.0 Å². The van der Waals surface area contributed by atoms with Gasteiger partial charge in [0.15, 0.2) is 0 Å². The summed E-state index contributed by atoms with van der Waals surface area (Å²) in [6.45, 7) is 6.46. The van der Waals surface area contributed by atoms with Crippen molar-refractivity contribution in [1.29, 1.82) is 0 Å². The van der Waals surface area contributed by atoms with Crippen LogP contribution >= 0.6 is 0 Å². The van der Waals surface area contributed by atoms with Gasteiger partial charge in [-0.3, -0.25) is 9.59 Å². The van der Waals surface area contributed by atoms with Crippen LogP contribution in [0.25, 0.3) is 11.3 Å². The van der Waals surface area contributed by atoms with Crippen molar-refractivity contribution in [3.05, 3.63) is 90.7 Å². The molecule has 4 amide bonds. The average Bonchev–Trinajstić information content (AvgIpc) is 3.43. The van der Waals surface area contributed by atoms with Crippen molar-refractivity contribution in [1.82, 2.24) is 15.1 Å². The maximum atomic E-state index is 13.4. The molecule has 3 aromatic rings. The number of anilines is 1. The van der Waals surface area contributed by atoms with E-state index in [4.69, 9.17) is 4.42 Å². The highest BCUT2D eigenvalue weighted by molar-refractivity contribution is 5.99. The first-order valence-electron chi connectivity index (χ1n) is 11.4. The van der Waals surface area contributed by atoms with Crippen molar-refractivity contribution >= 4 is 23.5 Å². The maximum Gasteiger partial charge on any atom is 0.318 e. The van der Waals surface area contributed by atoms with Gasteiger partial charge in [-0.2, -0.15) is 0 Å². The Morgan fingerprint density at radius 3 is 2.60 bits per heavy atom. The molecule has 1 atom stereocenters. The molecule has 1 aliphatic rings. The van der Waals surface area contributed by atoms with Gasteiger partial charge in [0.25, 0.3) is 5.91 Å². The van der Waals surface area contributed by atoms with E-state index in [1.54, 1.807) is 53.6 Å². The van der Waals surface area contributed by atoms with Gasteiger partial charge >= 0.3 is 6.03 Å². The Balaban J connectivity index is 1.54. The van der Waals surface area contributed by atoms with Crippen molar-refractivity contribution in [2.45, 2.75) is 13.0 Å². The van der Waals surface area contributed by atoms with Gasteiger partial charge in [-0.1, -0.05) is 35.9 Å². The molecule has 180 valence electrons. The first-order chi connectivity index (χ1) is 17.0. The lowest BCUT2D eigenvalue weighted by atomic mass is 10.1. The number of rotatable bonds is 6. The number of hydrogen-bond acceptors (Lipinski definition) is 4. The summed E-state index contributed by atoms with van der Waals surface area (Å²) in [7, 11) is 0. The van der Waals surface area contributed by atoms with Crippen LogP contribution in [-0.4, -0.2) is 59.9 Å². The van der Waals surface area contributed by atoms with Crippen LogP contribution in [0.1, 0.15) is 15.9 Å². The van der Waals surface area contributed by atoms with E-state index in [1.165, 1.54) is 4.90 Å². The molecule has 2 heterocycles. The smallest absolute Gasteiger partial charge is 0.318 e. The highest BCUT2D eigenvalue weighted by Crippen LogP contribution is 2.23. The largest absolute Gasteiger partial charge is 0.464 e. The molecule has 2 aromatic carbocycles. The molecule has 1 fully saturated rings. The number of aryl methyl sites for hydroxylation is 1. The predicted molar refractivity (Wildman–Crippen MR) is 134 cm³/mol. The summed E-state index contributed by atoms with van der Waals surface area (Å²) in [6, 6.07) is 17.0. The number of hydrogen-bond donors (Lipinski definition) is 2. The van der Waals surface area contributed by atoms with E-state index in [1.807, 2.05) is 31.2 Å². The van der Waals surface area contributed by atoms with Gasteiger partial charge < -0.3 is 24.9 Å². The number of carbonyl (C=O) groups excluding carboxylic acids is 3. The molecule has 35 heavy (non-hydrogen) atoms. The standard InChI is InChI=1S/C27H28N4O4/c1-3-13-28-27(34)31-15-14-30(18-23(31)25(32)29-22-11-9-19(2)10-12-22)26(33)21-7-4-6-20(17-21)24-8-5-16-35-24/h3-12,16-17,23H,1,13-15,18H2,2H3,(H,28,34)(H,29,32). The van der Waals surface area contributed by atoms with Crippen LogP contribution in [0, 0.1) is 6.92 Å². The van der Waals surface area contributed by atoms with Crippen molar-refractivity contribution < 1.29 is 18.8 Å². The Labute approximate surface area is 204 Å². The van der Waals surface area contributed by atoms with Crippen molar-refractivity contribution in [2.75, 3.05) is 31.5 Å². The number of carbonyl (C=O) groups is 3. The monoisotopic (exact) mass is 472 g/mol. The molecule has 1 saturated heterocycles. The Kier molecular flexibility index (Phi) is 7.30. The van der Waals surface area contributed by atoms with Gasteiger partial charge in [0.2, 0.25) is 5.91 Å². The summed E-state index contributed by atoms with van der Waals surface area (Å²) in [6.07, 6.45) is 3.16. The number of furan rings is 1. The molecule has 2 N–H and O–H groups in total. The van der Waals surface area contributed by atoms with Gasteiger partial charge in [0, 0.05) is 36.4 Å². The van der Waals surface area contributed by atoms with Gasteiger partial charge in [-0.25, -0.2) is 4.79 Å². The van der Waals surface area contributed by atoms with Crippen LogP contribution in [0.2, 0.25) is 0 Å². The number of nitrogens with one attached hydrogen (secondary N) is 2. The van der Waals surface area contributed by atoms with Gasteiger partial charge in [0.1, 0.15) is 11.8 Å². The van der Waals surface area contributed by atoms with Crippen LogP contribution in [0.5, 0.6) is 0 Å². The summed E-state index contributed by atoms with van der Waals surface area (Å²) in [5, 5.41) is 5.61. The van der Waals surface area contributed by atoms with Crippen molar-refractivity contribution in [2.24, 2.45) is 0 Å². The van der Waals surface area contributed by atoms with Crippen LogP contribution in [0.3, 0.4) is 0 Å². The average molecular weight is 473 g/mol. The number of benzene rings is 2. The Hall–Kier alpha value is -4.33. The highest BCUT2D eigenvalue weighted by atomic mass is 16.3. The molecule has 8 nitrogen and oxygen atoms in total. The summed E-state index contributed by atoms with van der Waals surface area (Å²) in [5.41, 5.74) is 2.97. The van der Waals surface area contributed by atoms with Crippen LogP contribution < -0.4 is 10.6 Å². The summed E-state index contributed by atoms with van der Waals surface area (Å²) in [5.74, 6) is 0.0980. The molecule has 1 unspecified atom stereocenters. The second-order valence-corrected chi connectivity index (χ2v) is 8.35. The van der Waals surface area contributed by atoms with E-state index < -0.39 is 6.04 Å². The third kappa shape index (κ3) is 5.60. The van der Waals surface area contributed by atoms with Gasteiger partial charge in [-0.05, 0) is 43.3 Å². The number of nitrogens with zero attached hydrogens (tertiary/aromatic N) is 2. The Morgan fingerprint density at radius 2 is 1.89 bits per heavy atom. The Morgan fingerprint density at radius 1 is 1.09 bits per heavy atom. The molecular weight excluding hydrogens is 444 g/mol. The van der Waals surface area contributed by atoms with E-state index in [2.05, 4.69) is 17.2 Å². The normalized spacial score (nSPS) is 15.4. The summed E-state index contributed by atoms with van der Waals surface area (Å²) in [4.78, 5) is 42.5. The molecule has 0 bridgehead atoms. The van der Waals surface area contributed by atoms with Gasteiger partial charge in [0.05, 0.1) is 12.8 Å². The molecule has 1 aromatic heterocycles. The van der Waals surface area contributed by atoms with Crippen molar-refractivity contribution in [3.63, 3.8) is 0 Å². The number of piperazine rings is 1. The third-order valence-corrected chi connectivity index (χ3v) is 5.86. The minimum absolute atomic E-state index is 0.0724. The van der Waals surface area contributed by atoms with E-state index in [9.17, 15) is 14.4 Å². The minimum atomic E-state index is -0.855. The van der Waals surface area contributed by atoms with Gasteiger partial charge in [-0.15, -0.1) is 6.58 Å². The first-order valence-corrected chi connectivity index (χ1v) is 11.4. The molecular formula is C27H28N4O4. The molecule has 0 saturated carbocycles. The van der Waals surface area contributed by atoms with Crippen LogP contribution in [0.4, 0.5) is 10.5 Å². The summed E-state index contributed by atoms with van der Waals surface area (Å²) < 4.78 is 5.45. The zero-order valence-corrected chi connectivity index (χ0v) is 19.6. The van der Waals surface area contributed by atoms with E-state index in [0.29, 0.717) is 23.6 Å². The van der Waals surface area contributed by atoms with E-state index in [0.717, 1.165) is 11.1 Å². The molecule has 8 heteroatoms. The number of amides is 4. The third-order valence-electron chi connectivity index (χ3n) is 5.86. The fraction of sp³-hybridized carbons (Fsp3) is 0.222. The quantitative estimate of drug-likeness (QED) is 0.532. The SMILES string of the molecule is C=CCNC(=O)N1CCN(C(=O)c2cccc(-c3ccco3)c2)CC1C(=O)Nc1ccc(C)cc1. The van der Waals surface area contributed by atoms with E-state index >= 15 is 0 Å². The topological polar surface area (TPSA) is 94.9 Å².